The highest BCUT2D eigenvalue weighted by atomic mass is 16.4. The molecule has 3 N–H and O–H groups in total. The number of carbonyl (C=O) groups excluding carboxylic acids is 1. The van der Waals surface area contributed by atoms with Crippen LogP contribution < -0.4 is 10.6 Å². The molecule has 0 fully saturated rings. The lowest BCUT2D eigenvalue weighted by Crippen LogP contribution is -2.38. The van der Waals surface area contributed by atoms with Crippen LogP contribution in [0.25, 0.3) is 0 Å². The molecule has 0 spiro atoms. The Bertz CT molecular complexity index is 464. The van der Waals surface area contributed by atoms with Gasteiger partial charge in [0.2, 0.25) is 5.91 Å². The molecule has 112 valence electrons. The van der Waals surface area contributed by atoms with Gasteiger partial charge in [-0.05, 0) is 20.8 Å². The van der Waals surface area contributed by atoms with Crippen molar-refractivity contribution in [3.8, 4) is 0 Å². The fourth-order valence-corrected chi connectivity index (χ4v) is 1.45. The maximum absolute atomic E-state index is 11.5. The zero-order chi connectivity index (χ0) is 15.2. The number of amides is 1. The molecule has 1 aromatic heterocycles. The van der Waals surface area contributed by atoms with Gasteiger partial charge < -0.3 is 15.7 Å². The number of hydrogen-bond acceptors (Lipinski definition) is 5. The largest absolute Gasteiger partial charge is 0.476 e. The van der Waals surface area contributed by atoms with Gasteiger partial charge in [0.1, 0.15) is 0 Å². The number of nitrogens with one attached hydrogen (secondary N) is 2. The second-order valence-electron chi connectivity index (χ2n) is 5.45. The van der Waals surface area contributed by atoms with Crippen molar-refractivity contribution in [2.24, 2.45) is 0 Å². The van der Waals surface area contributed by atoms with Crippen molar-refractivity contribution in [3.63, 3.8) is 0 Å². The quantitative estimate of drug-likeness (QED) is 0.643. The summed E-state index contributed by atoms with van der Waals surface area (Å²) in [6.07, 6.45) is 1.73. The van der Waals surface area contributed by atoms with Crippen LogP contribution in [-0.2, 0) is 11.3 Å². The Balaban J connectivity index is 2.19. The fraction of sp³-hybridized carbons (Fsp3) is 0.667. The Hall–Kier alpha value is -1.96. The molecular weight excluding hydrogens is 262 g/mol. The van der Waals surface area contributed by atoms with Crippen LogP contribution in [0.3, 0.4) is 0 Å². The van der Waals surface area contributed by atoms with Crippen molar-refractivity contribution in [1.29, 1.82) is 0 Å². The molecule has 8 nitrogen and oxygen atoms in total. The number of aromatic nitrogens is 3. The summed E-state index contributed by atoms with van der Waals surface area (Å²) in [6, 6.07) is 0. The first-order chi connectivity index (χ1) is 9.28. The molecule has 0 aliphatic carbocycles. The van der Waals surface area contributed by atoms with E-state index >= 15 is 0 Å². The minimum atomic E-state index is -1.12. The first-order valence-corrected chi connectivity index (χ1v) is 6.43. The predicted octanol–water partition coefficient (Wildman–Crippen LogP) is -0.129. The predicted molar refractivity (Wildman–Crippen MR) is 72.4 cm³/mol. The van der Waals surface area contributed by atoms with Crippen LogP contribution in [-0.4, -0.2) is 50.6 Å². The van der Waals surface area contributed by atoms with E-state index in [9.17, 15) is 9.59 Å². The second kappa shape index (κ2) is 6.99. The highest BCUT2D eigenvalue weighted by Crippen LogP contribution is 1.97. The average Bonchev–Trinajstić information content (AvgIpc) is 2.76. The Morgan fingerprint density at radius 1 is 1.35 bits per heavy atom. The lowest BCUT2D eigenvalue weighted by atomic mass is 10.1. The lowest BCUT2D eigenvalue weighted by Gasteiger charge is -2.20. The number of hydrogen-bond donors (Lipinski definition) is 3. The Kier molecular flexibility index (Phi) is 5.63. The van der Waals surface area contributed by atoms with Gasteiger partial charge >= 0.3 is 5.97 Å². The number of rotatable bonds is 7. The van der Waals surface area contributed by atoms with Gasteiger partial charge in [-0.25, -0.2) is 9.48 Å². The molecule has 1 rings (SSSR count). The molecule has 0 saturated heterocycles. The molecule has 1 heterocycles. The van der Waals surface area contributed by atoms with E-state index in [1.807, 2.05) is 20.8 Å². The maximum atomic E-state index is 11.5. The Morgan fingerprint density at radius 3 is 2.60 bits per heavy atom. The van der Waals surface area contributed by atoms with Crippen LogP contribution in [0.5, 0.6) is 0 Å². The summed E-state index contributed by atoms with van der Waals surface area (Å²) < 4.78 is 1.39. The SMILES string of the molecule is CC(C)(C)NCCC(=O)NCCn1cc(C(=O)O)nn1. The summed E-state index contributed by atoms with van der Waals surface area (Å²) in [4.78, 5) is 22.1. The average molecular weight is 283 g/mol. The topological polar surface area (TPSA) is 109 Å². The summed E-state index contributed by atoms with van der Waals surface area (Å²) >= 11 is 0. The van der Waals surface area contributed by atoms with E-state index in [0.717, 1.165) is 0 Å². The van der Waals surface area contributed by atoms with Crippen LogP contribution >= 0.6 is 0 Å². The highest BCUT2D eigenvalue weighted by Gasteiger charge is 2.10. The Morgan fingerprint density at radius 2 is 2.05 bits per heavy atom. The number of aromatic carboxylic acids is 1. The zero-order valence-corrected chi connectivity index (χ0v) is 12.0. The van der Waals surface area contributed by atoms with Crippen molar-refractivity contribution in [2.75, 3.05) is 13.1 Å². The number of nitrogens with zero attached hydrogens (tertiary/aromatic N) is 3. The first-order valence-electron chi connectivity index (χ1n) is 6.43. The van der Waals surface area contributed by atoms with Gasteiger partial charge in [-0.3, -0.25) is 4.79 Å². The third-order valence-electron chi connectivity index (χ3n) is 2.43. The third-order valence-corrected chi connectivity index (χ3v) is 2.43. The summed E-state index contributed by atoms with van der Waals surface area (Å²) in [5.74, 6) is -1.17. The van der Waals surface area contributed by atoms with Gasteiger partial charge in [0.15, 0.2) is 5.69 Å². The zero-order valence-electron chi connectivity index (χ0n) is 12.0. The number of carbonyl (C=O) groups is 2. The van der Waals surface area contributed by atoms with Crippen molar-refractivity contribution in [2.45, 2.75) is 39.3 Å². The van der Waals surface area contributed by atoms with Crippen LogP contribution in [0, 0.1) is 0 Å². The van der Waals surface area contributed by atoms with Gasteiger partial charge in [-0.2, -0.15) is 0 Å². The second-order valence-corrected chi connectivity index (χ2v) is 5.45. The van der Waals surface area contributed by atoms with Crippen molar-refractivity contribution >= 4 is 11.9 Å². The van der Waals surface area contributed by atoms with Gasteiger partial charge in [0.25, 0.3) is 0 Å². The molecule has 0 saturated carbocycles. The van der Waals surface area contributed by atoms with Crippen LogP contribution in [0.2, 0.25) is 0 Å². The van der Waals surface area contributed by atoms with Crippen LogP contribution in [0.4, 0.5) is 0 Å². The standard InChI is InChI=1S/C12H21N5O3/c1-12(2,3)14-5-4-10(18)13-6-7-17-8-9(11(19)20)15-16-17/h8,14H,4-7H2,1-3H3,(H,13,18)(H,19,20). The van der Waals surface area contributed by atoms with E-state index in [0.29, 0.717) is 26.1 Å². The van der Waals surface area contributed by atoms with Crippen molar-refractivity contribution < 1.29 is 14.7 Å². The van der Waals surface area contributed by atoms with E-state index in [4.69, 9.17) is 5.11 Å². The maximum Gasteiger partial charge on any atom is 0.358 e. The first kappa shape index (κ1) is 16.1. The summed E-state index contributed by atoms with van der Waals surface area (Å²) in [6.45, 7) is 7.50. The smallest absolute Gasteiger partial charge is 0.358 e. The van der Waals surface area contributed by atoms with Gasteiger partial charge in [-0.15, -0.1) is 5.10 Å². The molecule has 0 aromatic carbocycles. The fourth-order valence-electron chi connectivity index (χ4n) is 1.45. The molecule has 0 aliphatic heterocycles. The summed E-state index contributed by atoms with van der Waals surface area (Å²) in [7, 11) is 0. The van der Waals surface area contributed by atoms with Crippen molar-refractivity contribution in [3.05, 3.63) is 11.9 Å². The summed E-state index contributed by atoms with van der Waals surface area (Å²) in [5.41, 5.74) is -0.112. The normalized spacial score (nSPS) is 11.3. The summed E-state index contributed by atoms with van der Waals surface area (Å²) in [5, 5.41) is 21.8. The van der Waals surface area contributed by atoms with Gasteiger partial charge in [0, 0.05) is 25.0 Å². The van der Waals surface area contributed by atoms with Crippen LogP contribution in [0.15, 0.2) is 6.20 Å². The Labute approximate surface area is 117 Å². The van der Waals surface area contributed by atoms with Gasteiger partial charge in [0.05, 0.1) is 12.7 Å². The molecule has 20 heavy (non-hydrogen) atoms. The van der Waals surface area contributed by atoms with Crippen molar-refractivity contribution in [1.82, 2.24) is 25.6 Å². The highest BCUT2D eigenvalue weighted by molar-refractivity contribution is 5.84. The number of carboxylic acids is 1. The third kappa shape index (κ3) is 6.28. The van der Waals surface area contributed by atoms with Gasteiger partial charge in [-0.1, -0.05) is 5.21 Å². The molecule has 0 bridgehead atoms. The number of carboxylic acid groups (broad SMARTS) is 1. The molecule has 1 amide bonds. The molecule has 0 radical (unpaired) electrons. The molecule has 1 aromatic rings. The van der Waals surface area contributed by atoms with E-state index < -0.39 is 5.97 Å². The lowest BCUT2D eigenvalue weighted by molar-refractivity contribution is -0.121. The minimum absolute atomic E-state index is 0.00571. The van der Waals surface area contributed by atoms with E-state index in [2.05, 4.69) is 20.9 Å². The molecule has 0 atom stereocenters. The molecular formula is C12H21N5O3. The van der Waals surface area contributed by atoms with E-state index in [1.165, 1.54) is 10.9 Å². The molecule has 0 unspecified atom stereocenters. The molecule has 0 aliphatic rings. The van der Waals surface area contributed by atoms with Crippen LogP contribution in [0.1, 0.15) is 37.7 Å². The monoisotopic (exact) mass is 283 g/mol. The minimum Gasteiger partial charge on any atom is -0.476 e. The van der Waals surface area contributed by atoms with E-state index in [1.54, 1.807) is 0 Å². The molecule has 8 heteroatoms. The van der Waals surface area contributed by atoms with E-state index in [-0.39, 0.29) is 17.1 Å².